The largest absolute Gasteiger partial charge is 0.379 e. The molecule has 2 rings (SSSR count). The van der Waals surface area contributed by atoms with Crippen LogP contribution in [-0.2, 0) is 4.74 Å². The molecule has 11 heavy (non-hydrogen) atoms. The summed E-state index contributed by atoms with van der Waals surface area (Å²) >= 11 is 0. The Labute approximate surface area is 68.5 Å². The van der Waals surface area contributed by atoms with E-state index in [1.165, 1.54) is 32.4 Å². The van der Waals surface area contributed by atoms with Crippen LogP contribution < -0.4 is 0 Å². The van der Waals surface area contributed by atoms with E-state index in [0.717, 1.165) is 13.2 Å². The van der Waals surface area contributed by atoms with Crippen LogP contribution in [0.4, 0.5) is 0 Å². The fourth-order valence-corrected chi connectivity index (χ4v) is 2.53. The van der Waals surface area contributed by atoms with Crippen LogP contribution in [0.25, 0.3) is 0 Å². The van der Waals surface area contributed by atoms with Gasteiger partial charge in [0.2, 0.25) is 0 Å². The van der Waals surface area contributed by atoms with Gasteiger partial charge in [-0.2, -0.15) is 0 Å². The van der Waals surface area contributed by atoms with Crippen molar-refractivity contribution >= 4 is 0 Å². The fraction of sp³-hybridized carbons (Fsp3) is 1.00. The molecular weight excluding hydrogens is 138 g/mol. The van der Waals surface area contributed by atoms with Gasteiger partial charge in [-0.05, 0) is 32.4 Å². The van der Waals surface area contributed by atoms with E-state index in [2.05, 4.69) is 11.8 Å². The molecule has 2 nitrogen and oxygen atoms in total. The monoisotopic (exact) mass is 155 g/mol. The van der Waals surface area contributed by atoms with Gasteiger partial charge in [0.05, 0.1) is 6.61 Å². The van der Waals surface area contributed by atoms with Crippen molar-refractivity contribution in [2.24, 2.45) is 0 Å². The number of likely N-dealkylation sites (tertiary alicyclic amines) is 1. The second-order valence-electron chi connectivity index (χ2n) is 3.71. The molecule has 0 aliphatic carbocycles. The van der Waals surface area contributed by atoms with E-state index in [1.54, 1.807) is 0 Å². The van der Waals surface area contributed by atoms with Gasteiger partial charge in [-0.1, -0.05) is 6.92 Å². The Morgan fingerprint density at radius 2 is 2.36 bits per heavy atom. The summed E-state index contributed by atoms with van der Waals surface area (Å²) < 4.78 is 5.47. The quantitative estimate of drug-likeness (QED) is 0.565. The summed E-state index contributed by atoms with van der Waals surface area (Å²) in [6, 6.07) is 0. The highest BCUT2D eigenvalue weighted by atomic mass is 16.5. The predicted octanol–water partition coefficient (Wildman–Crippen LogP) is 1.26. The Hall–Kier alpha value is -0.0800. The number of hydrogen-bond acceptors (Lipinski definition) is 2. The van der Waals surface area contributed by atoms with E-state index in [9.17, 15) is 0 Å². The van der Waals surface area contributed by atoms with Crippen molar-refractivity contribution in [3.8, 4) is 0 Å². The Morgan fingerprint density at radius 3 is 3.00 bits per heavy atom. The van der Waals surface area contributed by atoms with Crippen molar-refractivity contribution < 1.29 is 4.74 Å². The maximum atomic E-state index is 5.47. The van der Waals surface area contributed by atoms with Crippen LogP contribution in [-0.4, -0.2) is 36.7 Å². The molecule has 2 aliphatic rings. The van der Waals surface area contributed by atoms with Crippen LogP contribution >= 0.6 is 0 Å². The number of hydrogen-bond donors (Lipinski definition) is 0. The van der Waals surface area contributed by atoms with Gasteiger partial charge >= 0.3 is 0 Å². The maximum Gasteiger partial charge on any atom is 0.0651 e. The smallest absolute Gasteiger partial charge is 0.0651 e. The first-order chi connectivity index (χ1) is 5.37. The number of nitrogens with zero attached hydrogens (tertiary/aromatic N) is 1. The molecule has 1 atom stereocenters. The lowest BCUT2D eigenvalue weighted by molar-refractivity contribution is 0.106. The SMILES string of the molecule is CCN1CCC[C@@]12CCOC2. The highest BCUT2D eigenvalue weighted by Gasteiger charge is 2.42. The van der Waals surface area contributed by atoms with Crippen LogP contribution in [0.2, 0.25) is 0 Å². The summed E-state index contributed by atoms with van der Waals surface area (Å²) in [4.78, 5) is 2.60. The third-order valence-electron chi connectivity index (χ3n) is 3.21. The first-order valence-electron chi connectivity index (χ1n) is 4.70. The van der Waals surface area contributed by atoms with Gasteiger partial charge in [-0.15, -0.1) is 0 Å². The lowest BCUT2D eigenvalue weighted by Gasteiger charge is -2.32. The lowest BCUT2D eigenvalue weighted by atomic mass is 9.95. The summed E-state index contributed by atoms with van der Waals surface area (Å²) in [5, 5.41) is 0. The molecule has 0 unspecified atom stereocenters. The van der Waals surface area contributed by atoms with E-state index in [-0.39, 0.29) is 0 Å². The van der Waals surface area contributed by atoms with Gasteiger partial charge in [0, 0.05) is 12.1 Å². The zero-order chi connectivity index (χ0) is 7.73. The summed E-state index contributed by atoms with van der Waals surface area (Å²) in [5.74, 6) is 0. The van der Waals surface area contributed by atoms with Gasteiger partial charge in [-0.3, -0.25) is 4.90 Å². The molecule has 2 aliphatic heterocycles. The molecule has 0 aromatic heterocycles. The highest BCUT2D eigenvalue weighted by molar-refractivity contribution is 4.97. The van der Waals surface area contributed by atoms with E-state index < -0.39 is 0 Å². The molecule has 2 heterocycles. The van der Waals surface area contributed by atoms with Crippen LogP contribution in [0.3, 0.4) is 0 Å². The minimum atomic E-state index is 0.467. The topological polar surface area (TPSA) is 12.5 Å². The summed E-state index contributed by atoms with van der Waals surface area (Å²) in [7, 11) is 0. The minimum absolute atomic E-state index is 0.467. The molecule has 0 bridgehead atoms. The normalized spacial score (nSPS) is 39.0. The van der Waals surface area contributed by atoms with Crippen molar-refractivity contribution in [2.45, 2.75) is 31.7 Å². The molecule has 2 saturated heterocycles. The van der Waals surface area contributed by atoms with E-state index in [0.29, 0.717) is 5.54 Å². The molecule has 2 heteroatoms. The maximum absolute atomic E-state index is 5.47. The van der Waals surface area contributed by atoms with Crippen molar-refractivity contribution in [3.05, 3.63) is 0 Å². The zero-order valence-electron chi connectivity index (χ0n) is 7.31. The number of rotatable bonds is 1. The predicted molar refractivity (Wildman–Crippen MR) is 44.6 cm³/mol. The molecule has 0 radical (unpaired) electrons. The number of likely N-dealkylation sites (N-methyl/N-ethyl adjacent to an activating group) is 1. The second kappa shape index (κ2) is 2.76. The van der Waals surface area contributed by atoms with Gasteiger partial charge in [0.1, 0.15) is 0 Å². The Kier molecular flexibility index (Phi) is 1.90. The second-order valence-corrected chi connectivity index (χ2v) is 3.71. The molecule has 0 amide bonds. The molecule has 2 fully saturated rings. The van der Waals surface area contributed by atoms with E-state index in [1.807, 2.05) is 0 Å². The van der Waals surface area contributed by atoms with Crippen LogP contribution in [0.15, 0.2) is 0 Å². The Balaban J connectivity index is 2.09. The molecule has 0 saturated carbocycles. The molecule has 0 aromatic carbocycles. The molecule has 0 aromatic rings. The van der Waals surface area contributed by atoms with E-state index >= 15 is 0 Å². The molecular formula is C9H17NO. The van der Waals surface area contributed by atoms with Gasteiger partial charge in [0.15, 0.2) is 0 Å². The minimum Gasteiger partial charge on any atom is -0.379 e. The Morgan fingerprint density at radius 1 is 1.45 bits per heavy atom. The lowest BCUT2D eigenvalue weighted by Crippen LogP contribution is -2.44. The van der Waals surface area contributed by atoms with Crippen molar-refractivity contribution in [2.75, 3.05) is 26.3 Å². The zero-order valence-corrected chi connectivity index (χ0v) is 7.31. The van der Waals surface area contributed by atoms with E-state index in [4.69, 9.17) is 4.74 Å². The number of ether oxygens (including phenoxy) is 1. The Bertz CT molecular complexity index is 135. The highest BCUT2D eigenvalue weighted by Crippen LogP contribution is 2.35. The fourth-order valence-electron chi connectivity index (χ4n) is 2.53. The first kappa shape index (κ1) is 7.56. The summed E-state index contributed by atoms with van der Waals surface area (Å²) in [6.45, 7) is 6.71. The third kappa shape index (κ3) is 1.09. The molecule has 1 spiro atoms. The van der Waals surface area contributed by atoms with Gasteiger partial charge in [-0.25, -0.2) is 0 Å². The summed E-state index contributed by atoms with van der Waals surface area (Å²) in [6.07, 6.45) is 4.00. The van der Waals surface area contributed by atoms with Crippen LogP contribution in [0.1, 0.15) is 26.2 Å². The van der Waals surface area contributed by atoms with Gasteiger partial charge in [0.25, 0.3) is 0 Å². The average Bonchev–Trinajstić information content (AvgIpc) is 2.62. The van der Waals surface area contributed by atoms with Crippen molar-refractivity contribution in [1.82, 2.24) is 4.90 Å². The van der Waals surface area contributed by atoms with Crippen molar-refractivity contribution in [3.63, 3.8) is 0 Å². The average molecular weight is 155 g/mol. The third-order valence-corrected chi connectivity index (χ3v) is 3.21. The first-order valence-corrected chi connectivity index (χ1v) is 4.70. The van der Waals surface area contributed by atoms with Crippen molar-refractivity contribution in [1.29, 1.82) is 0 Å². The molecule has 0 N–H and O–H groups in total. The van der Waals surface area contributed by atoms with Gasteiger partial charge < -0.3 is 4.74 Å². The summed E-state index contributed by atoms with van der Waals surface area (Å²) in [5.41, 5.74) is 0.467. The van der Waals surface area contributed by atoms with Crippen LogP contribution in [0.5, 0.6) is 0 Å². The van der Waals surface area contributed by atoms with Crippen LogP contribution in [0, 0.1) is 0 Å². The standard InChI is InChI=1S/C9H17NO/c1-2-10-6-3-4-9(10)5-7-11-8-9/h2-8H2,1H3/t9-/m0/s1. The molecule has 64 valence electrons.